The van der Waals surface area contributed by atoms with Crippen LogP contribution in [-0.4, -0.2) is 26.3 Å². The number of carbonyl (C=O) groups is 1. The number of amides is 1. The normalized spacial score (nSPS) is 11.0. The van der Waals surface area contributed by atoms with Gasteiger partial charge in [-0.2, -0.15) is 9.78 Å². The maximum atomic E-state index is 13.2. The summed E-state index contributed by atoms with van der Waals surface area (Å²) in [5.41, 5.74) is 1.19. The van der Waals surface area contributed by atoms with Crippen molar-refractivity contribution < 1.29 is 4.79 Å². The van der Waals surface area contributed by atoms with Gasteiger partial charge in [0, 0.05) is 11.1 Å². The number of halogens is 1. The Labute approximate surface area is 178 Å². The number of aryl methyl sites for hydroxylation is 2. The van der Waals surface area contributed by atoms with Gasteiger partial charge in [-0.1, -0.05) is 41.9 Å². The van der Waals surface area contributed by atoms with Crippen LogP contribution in [0.15, 0.2) is 52.1 Å². The van der Waals surface area contributed by atoms with Gasteiger partial charge in [-0.15, -0.1) is 0 Å². The molecule has 1 amide bonds. The summed E-state index contributed by atoms with van der Waals surface area (Å²) in [6.45, 7) is 7.31. The summed E-state index contributed by atoms with van der Waals surface area (Å²) in [5.74, 6) is -0.638. The van der Waals surface area contributed by atoms with E-state index in [4.69, 9.17) is 11.6 Å². The maximum Gasteiger partial charge on any atom is 0.352 e. The predicted octanol–water partition coefficient (Wildman–Crippen LogP) is 2.85. The summed E-state index contributed by atoms with van der Waals surface area (Å²) in [4.78, 5) is 38.9. The van der Waals surface area contributed by atoms with Gasteiger partial charge in [-0.05, 0) is 56.5 Å². The zero-order chi connectivity index (χ0) is 22.0. The first-order chi connectivity index (χ1) is 14.2. The average Bonchev–Trinajstić information content (AvgIpc) is 2.68. The van der Waals surface area contributed by atoms with E-state index in [0.29, 0.717) is 10.7 Å². The average molecular weight is 427 g/mol. The summed E-state index contributed by atoms with van der Waals surface area (Å²) < 4.78 is 2.07. The van der Waals surface area contributed by atoms with Crippen molar-refractivity contribution in [2.24, 2.45) is 0 Å². The lowest BCUT2D eigenvalue weighted by atomic mass is 10.1. The zero-order valence-corrected chi connectivity index (χ0v) is 18.0. The molecule has 3 rings (SSSR count). The van der Waals surface area contributed by atoms with Crippen LogP contribution in [0.3, 0.4) is 0 Å². The van der Waals surface area contributed by atoms with E-state index < -0.39 is 17.2 Å². The number of hydrogen-bond donors (Lipinski definition) is 1. The zero-order valence-electron chi connectivity index (χ0n) is 17.3. The highest BCUT2D eigenvalue weighted by atomic mass is 35.5. The van der Waals surface area contributed by atoms with Crippen LogP contribution in [0.2, 0.25) is 5.02 Å². The predicted molar refractivity (Wildman–Crippen MR) is 117 cm³/mol. The van der Waals surface area contributed by atoms with Crippen molar-refractivity contribution in [1.29, 1.82) is 0 Å². The molecule has 7 nitrogen and oxygen atoms in total. The molecule has 30 heavy (non-hydrogen) atoms. The number of aromatic nitrogens is 3. The van der Waals surface area contributed by atoms with E-state index in [1.54, 1.807) is 32.0 Å². The Kier molecular flexibility index (Phi) is 6.22. The number of carbonyl (C=O) groups excluding carboxylic acids is 1. The fraction of sp³-hybridized carbons (Fsp3) is 0.273. The molecule has 0 aliphatic heterocycles. The molecule has 0 saturated heterocycles. The SMILES string of the molecule is Cc1ccc(-n2nc(C(=O)NC(C)C)c(=O)n(Cc3ccccc3C)c2=O)cc1Cl. The van der Waals surface area contributed by atoms with Gasteiger partial charge in [0.2, 0.25) is 5.69 Å². The molecule has 0 saturated carbocycles. The molecule has 156 valence electrons. The number of nitrogens with zero attached hydrogens (tertiary/aromatic N) is 3. The first kappa shape index (κ1) is 21.5. The molecular weight excluding hydrogens is 404 g/mol. The monoisotopic (exact) mass is 426 g/mol. The fourth-order valence-corrected chi connectivity index (χ4v) is 3.14. The summed E-state index contributed by atoms with van der Waals surface area (Å²) in [6, 6.07) is 12.2. The van der Waals surface area contributed by atoms with Crippen molar-refractivity contribution in [1.82, 2.24) is 19.7 Å². The Morgan fingerprint density at radius 2 is 1.80 bits per heavy atom. The van der Waals surface area contributed by atoms with Gasteiger partial charge in [0.05, 0.1) is 12.2 Å². The molecule has 1 N–H and O–H groups in total. The van der Waals surface area contributed by atoms with Gasteiger partial charge in [0.1, 0.15) is 0 Å². The molecule has 0 spiro atoms. The molecule has 0 bridgehead atoms. The lowest BCUT2D eigenvalue weighted by Gasteiger charge is -2.14. The molecule has 2 aromatic carbocycles. The lowest BCUT2D eigenvalue weighted by molar-refractivity contribution is 0.0933. The highest BCUT2D eigenvalue weighted by Crippen LogP contribution is 2.18. The van der Waals surface area contributed by atoms with Gasteiger partial charge in [0.25, 0.3) is 11.5 Å². The van der Waals surface area contributed by atoms with E-state index in [-0.39, 0.29) is 18.3 Å². The Morgan fingerprint density at radius 3 is 2.43 bits per heavy atom. The fourth-order valence-electron chi connectivity index (χ4n) is 2.97. The van der Waals surface area contributed by atoms with E-state index in [1.165, 1.54) is 0 Å². The topological polar surface area (TPSA) is 86.0 Å². The summed E-state index contributed by atoms with van der Waals surface area (Å²) in [5, 5.41) is 7.21. The molecule has 0 radical (unpaired) electrons. The van der Waals surface area contributed by atoms with Crippen LogP contribution in [0.1, 0.15) is 41.0 Å². The second kappa shape index (κ2) is 8.67. The highest BCUT2D eigenvalue weighted by molar-refractivity contribution is 6.31. The Hall–Kier alpha value is -3.19. The van der Waals surface area contributed by atoms with Crippen LogP contribution in [-0.2, 0) is 6.54 Å². The van der Waals surface area contributed by atoms with Crippen LogP contribution in [0.4, 0.5) is 0 Å². The van der Waals surface area contributed by atoms with Crippen LogP contribution < -0.4 is 16.6 Å². The minimum absolute atomic E-state index is 0.0222. The molecule has 0 fully saturated rings. The van der Waals surface area contributed by atoms with Crippen LogP contribution in [0.5, 0.6) is 0 Å². The second-order valence-electron chi connectivity index (χ2n) is 7.42. The van der Waals surface area contributed by atoms with Crippen LogP contribution in [0, 0.1) is 13.8 Å². The van der Waals surface area contributed by atoms with Crippen LogP contribution >= 0.6 is 11.6 Å². The molecule has 1 heterocycles. The smallest absolute Gasteiger partial charge is 0.348 e. The Bertz CT molecular complexity index is 1230. The summed E-state index contributed by atoms with van der Waals surface area (Å²) in [7, 11) is 0. The van der Waals surface area contributed by atoms with Gasteiger partial charge >= 0.3 is 5.69 Å². The van der Waals surface area contributed by atoms with E-state index >= 15 is 0 Å². The summed E-state index contributed by atoms with van der Waals surface area (Å²) in [6.07, 6.45) is 0. The largest absolute Gasteiger partial charge is 0.352 e. The van der Waals surface area contributed by atoms with Crippen molar-refractivity contribution >= 4 is 17.5 Å². The third-order valence-electron chi connectivity index (χ3n) is 4.68. The van der Waals surface area contributed by atoms with E-state index in [9.17, 15) is 14.4 Å². The van der Waals surface area contributed by atoms with Crippen molar-refractivity contribution in [2.45, 2.75) is 40.3 Å². The van der Waals surface area contributed by atoms with Gasteiger partial charge in [-0.25, -0.2) is 4.79 Å². The molecule has 8 heteroatoms. The number of benzene rings is 2. The quantitative estimate of drug-likeness (QED) is 0.679. The molecular formula is C22H23ClN4O3. The Morgan fingerprint density at radius 1 is 1.10 bits per heavy atom. The molecule has 1 aromatic heterocycles. The third kappa shape index (κ3) is 4.36. The van der Waals surface area contributed by atoms with Gasteiger partial charge in [0.15, 0.2) is 0 Å². The molecule has 0 atom stereocenters. The van der Waals surface area contributed by atoms with E-state index in [0.717, 1.165) is 25.9 Å². The molecule has 3 aromatic rings. The maximum absolute atomic E-state index is 13.2. The summed E-state index contributed by atoms with van der Waals surface area (Å²) >= 11 is 6.22. The lowest BCUT2D eigenvalue weighted by Crippen LogP contribution is -2.46. The second-order valence-corrected chi connectivity index (χ2v) is 7.83. The van der Waals surface area contributed by atoms with E-state index in [2.05, 4.69) is 10.4 Å². The van der Waals surface area contributed by atoms with Crippen molar-refractivity contribution in [3.8, 4) is 5.69 Å². The number of rotatable bonds is 5. The molecule has 0 aliphatic carbocycles. The third-order valence-corrected chi connectivity index (χ3v) is 5.09. The first-order valence-electron chi connectivity index (χ1n) is 9.55. The minimum Gasteiger partial charge on any atom is -0.348 e. The van der Waals surface area contributed by atoms with Crippen LogP contribution in [0.25, 0.3) is 5.69 Å². The van der Waals surface area contributed by atoms with E-state index in [1.807, 2.05) is 38.1 Å². The number of hydrogen-bond acceptors (Lipinski definition) is 4. The van der Waals surface area contributed by atoms with Crippen molar-refractivity contribution in [3.05, 3.63) is 90.7 Å². The standard InChI is InChI=1S/C22H23ClN4O3/c1-13(2)24-20(28)19-21(29)26(12-16-8-6-5-7-14(16)3)22(30)27(25-19)17-10-9-15(4)18(23)11-17/h5-11,13H,12H2,1-4H3,(H,24,28). The van der Waals surface area contributed by atoms with Crippen molar-refractivity contribution in [2.75, 3.05) is 0 Å². The minimum atomic E-state index is -0.740. The van der Waals surface area contributed by atoms with Gasteiger partial charge < -0.3 is 5.32 Å². The number of nitrogens with one attached hydrogen (secondary N) is 1. The first-order valence-corrected chi connectivity index (χ1v) is 9.93. The Balaban J connectivity index is 2.25. The molecule has 0 unspecified atom stereocenters. The molecule has 0 aliphatic rings. The van der Waals surface area contributed by atoms with Gasteiger partial charge in [-0.3, -0.25) is 14.2 Å². The highest BCUT2D eigenvalue weighted by Gasteiger charge is 2.21. The van der Waals surface area contributed by atoms with Crippen molar-refractivity contribution in [3.63, 3.8) is 0 Å².